The molecule has 0 saturated carbocycles. The fourth-order valence-electron chi connectivity index (χ4n) is 2.87. The lowest BCUT2D eigenvalue weighted by molar-refractivity contribution is 0.0570. The Labute approximate surface area is 165 Å². The van der Waals surface area contributed by atoms with E-state index >= 15 is 0 Å². The summed E-state index contributed by atoms with van der Waals surface area (Å²) >= 11 is 0. The van der Waals surface area contributed by atoms with Crippen LogP contribution < -0.4 is 5.32 Å². The van der Waals surface area contributed by atoms with Crippen molar-refractivity contribution in [1.82, 2.24) is 25.0 Å². The molecule has 0 aliphatic carbocycles. The quantitative estimate of drug-likeness (QED) is 0.687. The van der Waals surface area contributed by atoms with E-state index in [0.717, 1.165) is 13.0 Å². The number of nitrogens with one attached hydrogen (secondary N) is 1. The molecule has 1 fully saturated rings. The van der Waals surface area contributed by atoms with E-state index in [4.69, 9.17) is 4.74 Å². The highest BCUT2D eigenvalue weighted by molar-refractivity contribution is 5.99. The van der Waals surface area contributed by atoms with E-state index < -0.39 is 0 Å². The molecule has 1 saturated heterocycles. The fraction of sp³-hybridized carbons (Fsp3) is 0.579. The Kier molecular flexibility index (Phi) is 8.19. The average molecular weight is 391 g/mol. The summed E-state index contributed by atoms with van der Waals surface area (Å²) in [6, 6.07) is 1.56. The molecule has 154 valence electrons. The third-order valence-corrected chi connectivity index (χ3v) is 4.41. The molecule has 0 unspecified atom stereocenters. The maximum atomic E-state index is 12.7. The first-order valence-electron chi connectivity index (χ1n) is 9.51. The van der Waals surface area contributed by atoms with E-state index in [2.05, 4.69) is 15.2 Å². The Bertz CT molecular complexity index is 687. The van der Waals surface area contributed by atoms with Crippen LogP contribution in [0.2, 0.25) is 0 Å². The van der Waals surface area contributed by atoms with Gasteiger partial charge in [0.15, 0.2) is 0 Å². The number of amides is 3. The first-order valence-corrected chi connectivity index (χ1v) is 9.51. The van der Waals surface area contributed by atoms with Gasteiger partial charge >= 0.3 is 6.09 Å². The SMILES string of the molecule is CCOC(=O)N1CCN(C(=O)c2cncc(C(=O)NCCCN(C)C)c2)CC1. The minimum Gasteiger partial charge on any atom is -0.450 e. The lowest BCUT2D eigenvalue weighted by Gasteiger charge is -2.34. The molecule has 0 spiro atoms. The number of hydrogen-bond acceptors (Lipinski definition) is 6. The van der Waals surface area contributed by atoms with Crippen LogP contribution in [-0.4, -0.2) is 97.6 Å². The highest BCUT2D eigenvalue weighted by atomic mass is 16.6. The van der Waals surface area contributed by atoms with Crippen molar-refractivity contribution in [2.75, 3.05) is 60.0 Å². The van der Waals surface area contributed by atoms with E-state index in [9.17, 15) is 14.4 Å². The van der Waals surface area contributed by atoms with E-state index in [1.165, 1.54) is 12.4 Å². The molecule has 0 bridgehead atoms. The summed E-state index contributed by atoms with van der Waals surface area (Å²) in [4.78, 5) is 46.1. The maximum Gasteiger partial charge on any atom is 0.409 e. The van der Waals surface area contributed by atoms with Gasteiger partial charge in [0.05, 0.1) is 17.7 Å². The van der Waals surface area contributed by atoms with Crippen molar-refractivity contribution in [1.29, 1.82) is 0 Å². The molecule has 1 aliphatic rings. The second kappa shape index (κ2) is 10.6. The Morgan fingerprint density at radius 3 is 2.39 bits per heavy atom. The largest absolute Gasteiger partial charge is 0.450 e. The smallest absolute Gasteiger partial charge is 0.409 e. The van der Waals surface area contributed by atoms with E-state index in [-0.39, 0.29) is 17.9 Å². The molecule has 0 radical (unpaired) electrons. The molecule has 2 rings (SSSR count). The van der Waals surface area contributed by atoms with Gasteiger partial charge in [0.1, 0.15) is 0 Å². The number of carbonyl (C=O) groups is 3. The molecule has 1 aromatic rings. The number of rotatable bonds is 7. The van der Waals surface area contributed by atoms with Crippen LogP contribution in [-0.2, 0) is 4.74 Å². The number of carbonyl (C=O) groups excluding carboxylic acids is 3. The molecule has 1 aliphatic heterocycles. The number of aromatic nitrogens is 1. The van der Waals surface area contributed by atoms with Crippen LogP contribution in [0.3, 0.4) is 0 Å². The third kappa shape index (κ3) is 6.19. The van der Waals surface area contributed by atoms with Gasteiger partial charge in [-0.25, -0.2) is 4.79 Å². The lowest BCUT2D eigenvalue weighted by atomic mass is 10.1. The van der Waals surface area contributed by atoms with Crippen molar-refractivity contribution in [2.24, 2.45) is 0 Å². The molecule has 0 aromatic carbocycles. The maximum absolute atomic E-state index is 12.7. The highest BCUT2D eigenvalue weighted by Crippen LogP contribution is 2.11. The standard InChI is InChI=1S/C19H29N5O4/c1-4-28-19(27)24-10-8-23(9-11-24)18(26)16-12-15(13-20-14-16)17(25)21-6-5-7-22(2)3/h12-14H,4-11H2,1-3H3,(H,21,25). The van der Waals surface area contributed by atoms with Gasteiger partial charge in [-0.1, -0.05) is 0 Å². The summed E-state index contributed by atoms with van der Waals surface area (Å²) in [5.74, 6) is -0.439. The molecule has 1 aromatic heterocycles. The highest BCUT2D eigenvalue weighted by Gasteiger charge is 2.26. The Hall–Kier alpha value is -2.68. The molecule has 1 N–H and O–H groups in total. The summed E-state index contributed by atoms with van der Waals surface area (Å²) in [7, 11) is 3.96. The minimum absolute atomic E-state index is 0.196. The minimum atomic E-state index is -0.357. The van der Waals surface area contributed by atoms with Crippen LogP contribution in [0.25, 0.3) is 0 Å². The Morgan fingerprint density at radius 1 is 1.11 bits per heavy atom. The van der Waals surface area contributed by atoms with Crippen LogP contribution in [0.15, 0.2) is 18.5 Å². The molecule has 0 atom stereocenters. The number of nitrogens with zero attached hydrogens (tertiary/aromatic N) is 4. The summed E-state index contributed by atoms with van der Waals surface area (Å²) < 4.78 is 4.98. The monoisotopic (exact) mass is 391 g/mol. The van der Waals surface area contributed by atoms with Gasteiger partial charge in [0.25, 0.3) is 11.8 Å². The summed E-state index contributed by atoms with van der Waals surface area (Å²) in [5, 5.41) is 2.84. The summed E-state index contributed by atoms with van der Waals surface area (Å²) in [6.45, 7) is 5.20. The molecule has 3 amide bonds. The van der Waals surface area contributed by atoms with E-state index in [0.29, 0.717) is 50.5 Å². The summed E-state index contributed by atoms with van der Waals surface area (Å²) in [5.41, 5.74) is 0.728. The van der Waals surface area contributed by atoms with Crippen molar-refractivity contribution in [2.45, 2.75) is 13.3 Å². The Balaban J connectivity index is 1.90. The van der Waals surface area contributed by atoms with Crippen LogP contribution in [0.1, 0.15) is 34.1 Å². The van der Waals surface area contributed by atoms with Crippen LogP contribution in [0.5, 0.6) is 0 Å². The van der Waals surface area contributed by atoms with Crippen molar-refractivity contribution >= 4 is 17.9 Å². The van der Waals surface area contributed by atoms with Crippen molar-refractivity contribution in [3.05, 3.63) is 29.6 Å². The van der Waals surface area contributed by atoms with Gasteiger partial charge in [-0.05, 0) is 40.1 Å². The second-order valence-corrected chi connectivity index (χ2v) is 6.85. The predicted octanol–water partition coefficient (Wildman–Crippen LogP) is 0.677. The zero-order valence-corrected chi connectivity index (χ0v) is 16.8. The predicted molar refractivity (Wildman–Crippen MR) is 104 cm³/mol. The Morgan fingerprint density at radius 2 is 1.75 bits per heavy atom. The molecule has 9 nitrogen and oxygen atoms in total. The molecular weight excluding hydrogens is 362 g/mol. The normalized spacial score (nSPS) is 14.1. The van der Waals surface area contributed by atoms with Gasteiger partial charge in [0.2, 0.25) is 0 Å². The molecular formula is C19H29N5O4. The van der Waals surface area contributed by atoms with Crippen molar-refractivity contribution in [3.63, 3.8) is 0 Å². The first-order chi connectivity index (χ1) is 13.4. The zero-order chi connectivity index (χ0) is 20.5. The van der Waals surface area contributed by atoms with Crippen LogP contribution in [0, 0.1) is 0 Å². The molecule has 2 heterocycles. The molecule has 28 heavy (non-hydrogen) atoms. The van der Waals surface area contributed by atoms with Crippen LogP contribution >= 0.6 is 0 Å². The average Bonchev–Trinajstić information content (AvgIpc) is 2.70. The van der Waals surface area contributed by atoms with Crippen molar-refractivity contribution in [3.8, 4) is 0 Å². The topological polar surface area (TPSA) is 95.1 Å². The van der Waals surface area contributed by atoms with Crippen molar-refractivity contribution < 1.29 is 19.1 Å². The van der Waals surface area contributed by atoms with Gasteiger partial charge in [-0.2, -0.15) is 0 Å². The van der Waals surface area contributed by atoms with Crippen LogP contribution in [0.4, 0.5) is 4.79 Å². The zero-order valence-electron chi connectivity index (χ0n) is 16.8. The number of pyridine rings is 1. The van der Waals surface area contributed by atoms with E-state index in [1.54, 1.807) is 22.8 Å². The van der Waals surface area contributed by atoms with Gasteiger partial charge < -0.3 is 24.8 Å². The van der Waals surface area contributed by atoms with E-state index in [1.807, 2.05) is 14.1 Å². The number of ether oxygens (including phenoxy) is 1. The third-order valence-electron chi connectivity index (χ3n) is 4.41. The van der Waals surface area contributed by atoms with Gasteiger partial charge in [0, 0.05) is 45.1 Å². The second-order valence-electron chi connectivity index (χ2n) is 6.85. The lowest BCUT2D eigenvalue weighted by Crippen LogP contribution is -2.50. The van der Waals surface area contributed by atoms with Gasteiger partial charge in [-0.3, -0.25) is 14.6 Å². The first kappa shape index (κ1) is 21.6. The number of hydrogen-bond donors (Lipinski definition) is 1. The molecule has 9 heteroatoms. The van der Waals surface area contributed by atoms with Gasteiger partial charge in [-0.15, -0.1) is 0 Å². The fourth-order valence-corrected chi connectivity index (χ4v) is 2.87. The summed E-state index contributed by atoms with van der Waals surface area (Å²) in [6.07, 6.45) is 3.40. The number of piperazine rings is 1.